The van der Waals surface area contributed by atoms with Crippen molar-refractivity contribution in [2.75, 3.05) is 12.4 Å². The summed E-state index contributed by atoms with van der Waals surface area (Å²) >= 11 is 0. The lowest BCUT2D eigenvalue weighted by Gasteiger charge is -2.02. The number of benzene rings is 2. The smallest absolute Gasteiger partial charge is 0.248 e. The molecule has 0 radical (unpaired) electrons. The Labute approximate surface area is 161 Å². The van der Waals surface area contributed by atoms with E-state index in [0.29, 0.717) is 22.7 Å². The van der Waals surface area contributed by atoms with Gasteiger partial charge in [0.2, 0.25) is 11.8 Å². The van der Waals surface area contributed by atoms with Gasteiger partial charge < -0.3 is 14.5 Å². The molecule has 0 unspecified atom stereocenters. The van der Waals surface area contributed by atoms with Gasteiger partial charge in [-0.25, -0.2) is 4.98 Å². The fourth-order valence-electron chi connectivity index (χ4n) is 2.69. The van der Waals surface area contributed by atoms with Crippen LogP contribution in [0, 0.1) is 0 Å². The second-order valence-corrected chi connectivity index (χ2v) is 6.03. The number of nitrogens with zero attached hydrogens (tertiary/aromatic N) is 2. The summed E-state index contributed by atoms with van der Waals surface area (Å²) in [5.41, 5.74) is 3.72. The van der Waals surface area contributed by atoms with Crippen LogP contribution in [0.5, 0.6) is 5.75 Å². The molecule has 6 heteroatoms. The average Bonchev–Trinajstić information content (AvgIpc) is 3.17. The molecule has 0 aliphatic heterocycles. The molecule has 2 aromatic heterocycles. The number of aromatic nitrogens is 2. The van der Waals surface area contributed by atoms with Crippen molar-refractivity contribution >= 4 is 28.8 Å². The van der Waals surface area contributed by atoms with Crippen LogP contribution < -0.4 is 10.1 Å². The molecule has 2 aromatic carbocycles. The first-order valence-corrected chi connectivity index (χ1v) is 8.65. The van der Waals surface area contributed by atoms with Crippen molar-refractivity contribution in [2.45, 2.75) is 0 Å². The number of hydrogen-bond donors (Lipinski definition) is 1. The maximum Gasteiger partial charge on any atom is 0.248 e. The van der Waals surface area contributed by atoms with Crippen molar-refractivity contribution in [1.82, 2.24) is 9.97 Å². The lowest BCUT2D eigenvalue weighted by molar-refractivity contribution is -0.111. The van der Waals surface area contributed by atoms with Crippen LogP contribution in [0.2, 0.25) is 0 Å². The number of methoxy groups -OCH3 is 1. The molecular formula is C22H17N3O3. The lowest BCUT2D eigenvalue weighted by Crippen LogP contribution is -2.07. The predicted molar refractivity (Wildman–Crippen MR) is 108 cm³/mol. The highest BCUT2D eigenvalue weighted by Crippen LogP contribution is 2.25. The van der Waals surface area contributed by atoms with Crippen LogP contribution in [0.3, 0.4) is 0 Å². The van der Waals surface area contributed by atoms with Crippen LogP contribution in [0.1, 0.15) is 5.56 Å². The molecule has 4 rings (SSSR count). The number of hydrogen-bond acceptors (Lipinski definition) is 5. The standard InChI is InChI=1S/C22H17N3O3/c1-27-18-6-2-15(3-7-18)4-9-21(26)24-17-5-8-20-19(14-17)25-22(28-20)16-10-12-23-13-11-16/h2-14H,1H3,(H,24,26)/b9-4+. The van der Waals surface area contributed by atoms with Gasteiger partial charge in [-0.2, -0.15) is 0 Å². The molecule has 1 N–H and O–H groups in total. The van der Waals surface area contributed by atoms with Crippen molar-refractivity contribution < 1.29 is 13.9 Å². The number of carbonyl (C=O) groups is 1. The van der Waals surface area contributed by atoms with Gasteiger partial charge in [-0.05, 0) is 54.1 Å². The van der Waals surface area contributed by atoms with E-state index in [0.717, 1.165) is 16.9 Å². The molecule has 0 saturated heterocycles. The van der Waals surface area contributed by atoms with Crippen LogP contribution >= 0.6 is 0 Å². The Bertz CT molecular complexity index is 1130. The Balaban J connectivity index is 1.48. The van der Waals surface area contributed by atoms with E-state index in [2.05, 4.69) is 15.3 Å². The van der Waals surface area contributed by atoms with Gasteiger partial charge >= 0.3 is 0 Å². The molecule has 0 saturated carbocycles. The fourth-order valence-corrected chi connectivity index (χ4v) is 2.69. The highest BCUT2D eigenvalue weighted by molar-refractivity contribution is 6.02. The highest BCUT2D eigenvalue weighted by Gasteiger charge is 2.09. The third-order valence-electron chi connectivity index (χ3n) is 4.13. The average molecular weight is 371 g/mol. The molecule has 28 heavy (non-hydrogen) atoms. The zero-order valence-corrected chi connectivity index (χ0v) is 15.1. The van der Waals surface area contributed by atoms with E-state index >= 15 is 0 Å². The minimum atomic E-state index is -0.229. The number of nitrogens with one attached hydrogen (secondary N) is 1. The maximum atomic E-state index is 12.2. The van der Waals surface area contributed by atoms with Gasteiger partial charge in [0, 0.05) is 29.7 Å². The molecule has 138 valence electrons. The van der Waals surface area contributed by atoms with Crippen LogP contribution in [0.25, 0.3) is 28.6 Å². The molecule has 2 heterocycles. The molecule has 0 fully saturated rings. The summed E-state index contributed by atoms with van der Waals surface area (Å²) in [5.74, 6) is 1.06. The number of carbonyl (C=O) groups excluding carboxylic acids is 1. The first-order chi connectivity index (χ1) is 13.7. The zero-order valence-electron chi connectivity index (χ0n) is 15.1. The summed E-state index contributed by atoms with van der Waals surface area (Å²) < 4.78 is 10.9. The van der Waals surface area contributed by atoms with Gasteiger partial charge in [0.15, 0.2) is 5.58 Å². The lowest BCUT2D eigenvalue weighted by atomic mass is 10.2. The van der Waals surface area contributed by atoms with Gasteiger partial charge in [-0.15, -0.1) is 0 Å². The van der Waals surface area contributed by atoms with Crippen molar-refractivity contribution in [3.8, 4) is 17.2 Å². The minimum absolute atomic E-state index is 0.229. The second-order valence-electron chi connectivity index (χ2n) is 6.03. The Morgan fingerprint density at radius 3 is 2.61 bits per heavy atom. The van der Waals surface area contributed by atoms with E-state index in [1.807, 2.05) is 36.4 Å². The third-order valence-corrected chi connectivity index (χ3v) is 4.13. The summed E-state index contributed by atoms with van der Waals surface area (Å²) in [6.07, 6.45) is 6.60. The Morgan fingerprint density at radius 1 is 1.07 bits per heavy atom. The molecule has 0 aliphatic rings. The number of amides is 1. The molecule has 0 aliphatic carbocycles. The minimum Gasteiger partial charge on any atom is -0.497 e. The van der Waals surface area contributed by atoms with Crippen LogP contribution in [0.15, 0.2) is 77.5 Å². The number of ether oxygens (including phenoxy) is 1. The topological polar surface area (TPSA) is 77.2 Å². The zero-order chi connectivity index (χ0) is 19.3. The molecule has 4 aromatic rings. The molecular weight excluding hydrogens is 354 g/mol. The molecule has 0 spiro atoms. The van der Waals surface area contributed by atoms with Gasteiger partial charge in [-0.3, -0.25) is 9.78 Å². The van der Waals surface area contributed by atoms with Crippen LogP contribution in [-0.4, -0.2) is 23.0 Å². The van der Waals surface area contributed by atoms with Crippen molar-refractivity contribution in [2.24, 2.45) is 0 Å². The summed E-state index contributed by atoms with van der Waals surface area (Å²) in [4.78, 5) is 20.7. The van der Waals surface area contributed by atoms with Gasteiger partial charge in [0.05, 0.1) is 7.11 Å². The third kappa shape index (κ3) is 3.91. The van der Waals surface area contributed by atoms with Crippen molar-refractivity contribution in [3.63, 3.8) is 0 Å². The van der Waals surface area contributed by atoms with Crippen molar-refractivity contribution in [1.29, 1.82) is 0 Å². The molecule has 6 nitrogen and oxygen atoms in total. The van der Waals surface area contributed by atoms with Crippen molar-refractivity contribution in [3.05, 3.63) is 78.6 Å². The molecule has 0 bridgehead atoms. The number of fused-ring (bicyclic) bond motifs is 1. The molecule has 1 amide bonds. The normalized spacial score (nSPS) is 11.0. The van der Waals surface area contributed by atoms with E-state index in [9.17, 15) is 4.79 Å². The summed E-state index contributed by atoms with van der Waals surface area (Å²) in [6, 6.07) is 16.5. The van der Waals surface area contributed by atoms with Gasteiger partial charge in [-0.1, -0.05) is 12.1 Å². The van der Waals surface area contributed by atoms with Crippen LogP contribution in [0.4, 0.5) is 5.69 Å². The Hall–Kier alpha value is -3.93. The predicted octanol–water partition coefficient (Wildman–Crippen LogP) is 4.55. The summed E-state index contributed by atoms with van der Waals surface area (Å²) in [5, 5.41) is 2.83. The van der Waals surface area contributed by atoms with E-state index < -0.39 is 0 Å². The van der Waals surface area contributed by atoms with E-state index in [1.165, 1.54) is 6.08 Å². The number of rotatable bonds is 5. The number of anilines is 1. The van der Waals surface area contributed by atoms with Crippen LogP contribution in [-0.2, 0) is 4.79 Å². The Kier molecular flexibility index (Phi) is 4.84. The highest BCUT2D eigenvalue weighted by atomic mass is 16.5. The van der Waals surface area contributed by atoms with E-state index in [1.54, 1.807) is 43.8 Å². The van der Waals surface area contributed by atoms with E-state index in [-0.39, 0.29) is 5.91 Å². The van der Waals surface area contributed by atoms with Gasteiger partial charge in [0.25, 0.3) is 0 Å². The summed E-state index contributed by atoms with van der Waals surface area (Å²) in [7, 11) is 1.62. The SMILES string of the molecule is COc1ccc(/C=C/C(=O)Nc2ccc3oc(-c4ccncc4)nc3c2)cc1. The maximum absolute atomic E-state index is 12.2. The fraction of sp³-hybridized carbons (Fsp3) is 0.0455. The number of oxazole rings is 1. The molecule has 0 atom stereocenters. The van der Waals surface area contributed by atoms with Gasteiger partial charge in [0.1, 0.15) is 11.3 Å². The Morgan fingerprint density at radius 2 is 1.86 bits per heavy atom. The quantitative estimate of drug-likeness (QED) is 0.521. The number of pyridine rings is 1. The monoisotopic (exact) mass is 371 g/mol. The first kappa shape index (κ1) is 17.5. The second kappa shape index (κ2) is 7.75. The largest absolute Gasteiger partial charge is 0.497 e. The summed E-state index contributed by atoms with van der Waals surface area (Å²) in [6.45, 7) is 0. The first-order valence-electron chi connectivity index (χ1n) is 8.65. The van der Waals surface area contributed by atoms with E-state index in [4.69, 9.17) is 9.15 Å².